The fourth-order valence-corrected chi connectivity index (χ4v) is 3.22. The molecule has 138 valence electrons. The lowest BCUT2D eigenvalue weighted by Gasteiger charge is -2.32. The predicted molar refractivity (Wildman–Crippen MR) is 104 cm³/mol. The van der Waals surface area contributed by atoms with Crippen LogP contribution in [0.2, 0.25) is 0 Å². The van der Waals surface area contributed by atoms with E-state index in [-0.39, 0.29) is 0 Å². The predicted octanol–water partition coefficient (Wildman–Crippen LogP) is 3.53. The molecule has 3 aromatic rings. The number of hydrogen-bond acceptors (Lipinski definition) is 4. The molecule has 0 bridgehead atoms. The summed E-state index contributed by atoms with van der Waals surface area (Å²) >= 11 is 0. The molecular weight excluding hydrogens is 343 g/mol. The minimum absolute atomic E-state index is 0.444. The first-order valence-electron chi connectivity index (χ1n) is 8.87. The maximum absolute atomic E-state index is 11.6. The summed E-state index contributed by atoms with van der Waals surface area (Å²) in [4.78, 5) is 11.6. The summed E-state index contributed by atoms with van der Waals surface area (Å²) in [5, 5.41) is 14.6. The lowest BCUT2D eigenvalue weighted by molar-refractivity contribution is 0.00578. The molecule has 4 rings (SSSR count). The number of carboxylic acid groups (broad SMARTS) is 1. The van der Waals surface area contributed by atoms with Crippen LogP contribution in [0.1, 0.15) is 27.7 Å². The topological polar surface area (TPSA) is 73.6 Å². The summed E-state index contributed by atoms with van der Waals surface area (Å²) in [5.74, 6) is 0. The second kappa shape index (κ2) is 5.94. The van der Waals surface area contributed by atoms with Crippen molar-refractivity contribution in [1.82, 2.24) is 9.78 Å². The number of benzene rings is 2. The van der Waals surface area contributed by atoms with Crippen LogP contribution >= 0.6 is 0 Å². The van der Waals surface area contributed by atoms with Crippen LogP contribution in [0.3, 0.4) is 0 Å². The van der Waals surface area contributed by atoms with Gasteiger partial charge in [-0.3, -0.25) is 0 Å². The molecule has 2 heterocycles. The molecule has 0 radical (unpaired) electrons. The molecule has 0 saturated carbocycles. The first kappa shape index (κ1) is 17.8. The minimum atomic E-state index is -1.12. The summed E-state index contributed by atoms with van der Waals surface area (Å²) in [6.45, 7) is 8.01. The number of carbonyl (C=O) groups is 1. The van der Waals surface area contributed by atoms with E-state index in [1.807, 2.05) is 70.2 Å². The molecule has 1 fully saturated rings. The number of aromatic nitrogens is 2. The Bertz CT molecular complexity index is 1010. The molecule has 1 aromatic heterocycles. The molecule has 1 aliphatic rings. The molecule has 2 aromatic carbocycles. The van der Waals surface area contributed by atoms with Crippen molar-refractivity contribution in [3.05, 3.63) is 48.5 Å². The van der Waals surface area contributed by atoms with E-state index in [0.29, 0.717) is 11.2 Å². The van der Waals surface area contributed by atoms with Gasteiger partial charge in [0.15, 0.2) is 0 Å². The van der Waals surface area contributed by atoms with Gasteiger partial charge in [0, 0.05) is 10.9 Å². The van der Waals surface area contributed by atoms with Crippen molar-refractivity contribution < 1.29 is 19.2 Å². The third-order valence-corrected chi connectivity index (χ3v) is 5.46. The third-order valence-electron chi connectivity index (χ3n) is 5.46. The van der Waals surface area contributed by atoms with E-state index in [1.165, 1.54) is 0 Å². The van der Waals surface area contributed by atoms with Crippen LogP contribution in [0.4, 0.5) is 4.79 Å². The van der Waals surface area contributed by atoms with Gasteiger partial charge in [0.1, 0.15) is 5.69 Å². The van der Waals surface area contributed by atoms with E-state index in [1.54, 1.807) is 6.07 Å². The second-order valence-electron chi connectivity index (χ2n) is 7.77. The quantitative estimate of drug-likeness (QED) is 0.705. The van der Waals surface area contributed by atoms with Crippen molar-refractivity contribution in [3.8, 4) is 11.3 Å². The van der Waals surface area contributed by atoms with Gasteiger partial charge < -0.3 is 14.4 Å². The first-order valence-corrected chi connectivity index (χ1v) is 8.87. The summed E-state index contributed by atoms with van der Waals surface area (Å²) in [6, 6.07) is 15.0. The van der Waals surface area contributed by atoms with E-state index < -0.39 is 24.4 Å². The standard InChI is InChI=1S/C20H21BN2O4/c1-19(2)20(3,4)27-21(26-19)14-10-11-16-15(12-14)17(22-23(16)18(24)25)13-8-6-5-7-9-13/h5-12H,1-4H3,(H,24,25). The normalized spacial score (nSPS) is 18.1. The van der Waals surface area contributed by atoms with Crippen LogP contribution in [-0.4, -0.2) is 39.3 Å². The smallest absolute Gasteiger partial charge is 0.463 e. The fraction of sp³-hybridized carbons (Fsp3) is 0.300. The van der Waals surface area contributed by atoms with Gasteiger partial charge in [0.05, 0.1) is 16.7 Å². The highest BCUT2D eigenvalue weighted by Crippen LogP contribution is 2.37. The van der Waals surface area contributed by atoms with Crippen LogP contribution < -0.4 is 5.46 Å². The van der Waals surface area contributed by atoms with E-state index in [9.17, 15) is 9.90 Å². The zero-order valence-electron chi connectivity index (χ0n) is 15.8. The van der Waals surface area contributed by atoms with Crippen molar-refractivity contribution in [1.29, 1.82) is 0 Å². The van der Waals surface area contributed by atoms with E-state index in [4.69, 9.17) is 9.31 Å². The monoisotopic (exact) mass is 364 g/mol. The van der Waals surface area contributed by atoms with Crippen LogP contribution in [0.15, 0.2) is 48.5 Å². The van der Waals surface area contributed by atoms with Crippen LogP contribution in [-0.2, 0) is 9.31 Å². The minimum Gasteiger partial charge on any atom is -0.463 e. The Morgan fingerprint density at radius 1 is 1.04 bits per heavy atom. The van der Waals surface area contributed by atoms with Gasteiger partial charge in [-0.1, -0.05) is 42.5 Å². The lowest BCUT2D eigenvalue weighted by Crippen LogP contribution is -2.41. The lowest BCUT2D eigenvalue weighted by atomic mass is 9.78. The molecule has 0 amide bonds. The molecule has 7 heteroatoms. The van der Waals surface area contributed by atoms with Crippen molar-refractivity contribution >= 4 is 29.6 Å². The molecule has 0 aliphatic carbocycles. The van der Waals surface area contributed by atoms with Crippen molar-refractivity contribution in [3.63, 3.8) is 0 Å². The second-order valence-corrected chi connectivity index (χ2v) is 7.77. The van der Waals surface area contributed by atoms with Gasteiger partial charge in [0.2, 0.25) is 0 Å². The highest BCUT2D eigenvalue weighted by Gasteiger charge is 2.51. The largest absolute Gasteiger partial charge is 0.494 e. The van der Waals surface area contributed by atoms with Crippen molar-refractivity contribution in [2.24, 2.45) is 0 Å². The molecule has 1 saturated heterocycles. The number of nitrogens with zero attached hydrogens (tertiary/aromatic N) is 2. The highest BCUT2D eigenvalue weighted by molar-refractivity contribution is 6.62. The van der Waals surface area contributed by atoms with Gasteiger partial charge in [-0.25, -0.2) is 4.79 Å². The van der Waals surface area contributed by atoms with Crippen LogP contribution in [0.5, 0.6) is 0 Å². The molecule has 1 N–H and O–H groups in total. The summed E-state index contributed by atoms with van der Waals surface area (Å²) < 4.78 is 13.3. The average Bonchev–Trinajstić information content (AvgIpc) is 3.10. The molecule has 6 nitrogen and oxygen atoms in total. The Balaban J connectivity index is 1.86. The van der Waals surface area contributed by atoms with E-state index in [2.05, 4.69) is 5.10 Å². The van der Waals surface area contributed by atoms with Crippen molar-refractivity contribution in [2.45, 2.75) is 38.9 Å². The summed E-state index contributed by atoms with van der Waals surface area (Å²) in [5.41, 5.74) is 1.95. The number of fused-ring (bicyclic) bond motifs is 1. The van der Waals surface area contributed by atoms with Crippen molar-refractivity contribution in [2.75, 3.05) is 0 Å². The van der Waals surface area contributed by atoms with Gasteiger partial charge >= 0.3 is 13.2 Å². The molecule has 27 heavy (non-hydrogen) atoms. The van der Waals surface area contributed by atoms with Gasteiger partial charge in [-0.2, -0.15) is 9.78 Å². The first-order chi connectivity index (χ1) is 12.7. The molecule has 0 atom stereocenters. The maximum atomic E-state index is 11.6. The Kier molecular flexibility index (Phi) is 3.91. The summed E-state index contributed by atoms with van der Waals surface area (Å²) in [6.07, 6.45) is -1.12. The van der Waals surface area contributed by atoms with Gasteiger partial charge in [0.25, 0.3) is 0 Å². The molecule has 0 unspecified atom stereocenters. The molecular formula is C20H21BN2O4. The summed E-state index contributed by atoms with van der Waals surface area (Å²) in [7, 11) is -0.517. The number of rotatable bonds is 2. The Labute approximate surface area is 157 Å². The van der Waals surface area contributed by atoms with E-state index in [0.717, 1.165) is 21.1 Å². The van der Waals surface area contributed by atoms with Gasteiger partial charge in [-0.15, -0.1) is 0 Å². The zero-order chi connectivity index (χ0) is 19.4. The zero-order valence-corrected chi connectivity index (χ0v) is 15.8. The molecule has 0 spiro atoms. The third kappa shape index (κ3) is 2.83. The fourth-order valence-electron chi connectivity index (χ4n) is 3.22. The highest BCUT2D eigenvalue weighted by atomic mass is 16.7. The van der Waals surface area contributed by atoms with Crippen LogP contribution in [0.25, 0.3) is 22.2 Å². The Hall–Kier alpha value is -2.64. The maximum Gasteiger partial charge on any atom is 0.494 e. The van der Waals surface area contributed by atoms with E-state index >= 15 is 0 Å². The average molecular weight is 364 g/mol. The Morgan fingerprint density at radius 3 is 2.26 bits per heavy atom. The Morgan fingerprint density at radius 2 is 1.67 bits per heavy atom. The SMILES string of the molecule is CC1(C)OB(c2ccc3c(c2)c(-c2ccccc2)nn3C(=O)O)OC1(C)C. The van der Waals surface area contributed by atoms with Crippen LogP contribution in [0, 0.1) is 0 Å². The number of hydrogen-bond donors (Lipinski definition) is 1. The van der Waals surface area contributed by atoms with Gasteiger partial charge in [-0.05, 0) is 39.2 Å². The molecule has 1 aliphatic heterocycles.